The highest BCUT2D eigenvalue weighted by Gasteiger charge is 2.20. The molecular formula is C15H13BrO3S. The molecule has 0 radical (unpaired) electrons. The molecule has 0 saturated heterocycles. The summed E-state index contributed by atoms with van der Waals surface area (Å²) in [7, 11) is -3.61. The van der Waals surface area contributed by atoms with Gasteiger partial charge in [-0.2, -0.15) is 0 Å². The molecule has 2 aromatic rings. The molecule has 0 fully saturated rings. The van der Waals surface area contributed by atoms with Crippen LogP contribution in [0.15, 0.2) is 57.9 Å². The van der Waals surface area contributed by atoms with Gasteiger partial charge in [0.1, 0.15) is 5.75 Å². The van der Waals surface area contributed by atoms with Crippen LogP contribution in [0.2, 0.25) is 0 Å². The van der Waals surface area contributed by atoms with Gasteiger partial charge in [-0.1, -0.05) is 40.2 Å². The van der Waals surface area contributed by atoms with Crippen molar-refractivity contribution in [1.82, 2.24) is 0 Å². The summed E-state index contributed by atoms with van der Waals surface area (Å²) in [6.07, 6.45) is 0. The summed E-state index contributed by atoms with van der Waals surface area (Å²) in [5.41, 5.74) is 1.23. The van der Waals surface area contributed by atoms with Crippen molar-refractivity contribution in [3.05, 3.63) is 64.1 Å². The molecule has 0 N–H and O–H groups in total. The third-order valence-electron chi connectivity index (χ3n) is 2.82. The Morgan fingerprint density at radius 2 is 1.80 bits per heavy atom. The second kappa shape index (κ2) is 5.89. The number of Topliss-reactive ketones (excluding diaryl/α,β-unsaturated/α-hetero) is 1. The van der Waals surface area contributed by atoms with Crippen LogP contribution >= 0.6 is 15.9 Å². The van der Waals surface area contributed by atoms with Gasteiger partial charge < -0.3 is 0 Å². The molecule has 0 aliphatic carbocycles. The van der Waals surface area contributed by atoms with Gasteiger partial charge >= 0.3 is 0 Å². The topological polar surface area (TPSA) is 51.2 Å². The van der Waals surface area contributed by atoms with Crippen LogP contribution in [0.1, 0.15) is 15.9 Å². The molecular weight excluding hydrogens is 340 g/mol. The number of halogens is 1. The zero-order valence-electron chi connectivity index (χ0n) is 10.8. The van der Waals surface area contributed by atoms with Crippen molar-refractivity contribution in [2.45, 2.75) is 11.8 Å². The zero-order chi connectivity index (χ0) is 14.8. The van der Waals surface area contributed by atoms with Gasteiger partial charge in [0.2, 0.25) is 0 Å². The first kappa shape index (κ1) is 14.9. The Bertz CT molecular complexity index is 751. The molecule has 0 spiro atoms. The molecule has 0 unspecified atom stereocenters. The fourth-order valence-electron chi connectivity index (χ4n) is 1.81. The van der Waals surface area contributed by atoms with E-state index in [1.165, 1.54) is 6.07 Å². The van der Waals surface area contributed by atoms with E-state index in [-0.39, 0.29) is 4.90 Å². The highest BCUT2D eigenvalue weighted by atomic mass is 79.9. The largest absolute Gasteiger partial charge is 0.293 e. The van der Waals surface area contributed by atoms with Crippen LogP contribution in [0, 0.1) is 6.92 Å². The van der Waals surface area contributed by atoms with Gasteiger partial charge in [-0.3, -0.25) is 4.79 Å². The molecule has 0 aliphatic rings. The average Bonchev–Trinajstić information content (AvgIpc) is 2.38. The fourth-order valence-corrected chi connectivity index (χ4v) is 3.54. The van der Waals surface area contributed by atoms with Crippen LogP contribution in [0.25, 0.3) is 0 Å². The number of benzene rings is 2. The maximum Gasteiger partial charge on any atom is 0.185 e. The summed E-state index contributed by atoms with van der Waals surface area (Å²) in [4.78, 5) is 12.3. The van der Waals surface area contributed by atoms with Crippen LogP contribution in [-0.4, -0.2) is 20.0 Å². The monoisotopic (exact) mass is 352 g/mol. The lowest BCUT2D eigenvalue weighted by Gasteiger charge is -2.05. The predicted octanol–water partition coefficient (Wildman–Crippen LogP) is 3.41. The minimum absolute atomic E-state index is 0.181. The summed E-state index contributed by atoms with van der Waals surface area (Å²) in [5, 5.41) is 0. The first-order valence-corrected chi connectivity index (χ1v) is 8.41. The number of carbonyl (C=O) groups is 1. The lowest BCUT2D eigenvalue weighted by Crippen LogP contribution is -2.16. The molecule has 0 aromatic heterocycles. The Labute approximate surface area is 126 Å². The van der Waals surface area contributed by atoms with E-state index in [4.69, 9.17) is 0 Å². The smallest absolute Gasteiger partial charge is 0.185 e. The number of aryl methyl sites for hydroxylation is 1. The standard InChI is InChI=1S/C15H13BrO3S/c1-11-4-2-7-14(8-11)20(18,19)10-15(17)12-5-3-6-13(16)9-12/h2-9H,10H2,1H3. The molecule has 0 saturated carbocycles. The number of hydrogen-bond acceptors (Lipinski definition) is 3. The summed E-state index contributed by atoms with van der Waals surface area (Å²) >= 11 is 3.26. The molecule has 0 heterocycles. The van der Waals surface area contributed by atoms with Gasteiger partial charge in [0, 0.05) is 10.0 Å². The molecule has 2 aromatic carbocycles. The summed E-state index contributed by atoms with van der Waals surface area (Å²) in [6.45, 7) is 1.81. The molecule has 0 aliphatic heterocycles. The molecule has 104 valence electrons. The lowest BCUT2D eigenvalue weighted by molar-refractivity contribution is 0.102. The van der Waals surface area contributed by atoms with Crippen LogP contribution in [0.4, 0.5) is 0 Å². The zero-order valence-corrected chi connectivity index (χ0v) is 13.2. The Morgan fingerprint density at radius 3 is 2.45 bits per heavy atom. The van der Waals surface area contributed by atoms with Gasteiger partial charge in [0.15, 0.2) is 15.6 Å². The minimum Gasteiger partial charge on any atom is -0.293 e. The van der Waals surface area contributed by atoms with E-state index in [0.717, 1.165) is 10.0 Å². The minimum atomic E-state index is -3.61. The second-order valence-corrected chi connectivity index (χ2v) is 7.41. The maximum absolute atomic E-state index is 12.2. The molecule has 0 bridgehead atoms. The summed E-state index contributed by atoms with van der Waals surface area (Å²) < 4.78 is 25.2. The highest BCUT2D eigenvalue weighted by molar-refractivity contribution is 9.10. The number of carbonyl (C=O) groups excluding carboxylic acids is 1. The van der Waals surface area contributed by atoms with Crippen molar-refractivity contribution >= 4 is 31.6 Å². The van der Waals surface area contributed by atoms with Crippen molar-refractivity contribution in [1.29, 1.82) is 0 Å². The Kier molecular flexibility index (Phi) is 4.40. The molecule has 3 nitrogen and oxygen atoms in total. The van der Waals surface area contributed by atoms with E-state index in [0.29, 0.717) is 5.56 Å². The molecule has 20 heavy (non-hydrogen) atoms. The average molecular weight is 353 g/mol. The van der Waals surface area contributed by atoms with E-state index in [1.807, 2.05) is 13.0 Å². The number of sulfone groups is 1. The normalized spacial score (nSPS) is 11.3. The number of rotatable bonds is 4. The Balaban J connectivity index is 2.27. The van der Waals surface area contributed by atoms with Crippen LogP contribution in [0.5, 0.6) is 0 Å². The molecule has 2 rings (SSSR count). The van der Waals surface area contributed by atoms with Crippen LogP contribution < -0.4 is 0 Å². The van der Waals surface area contributed by atoms with Crippen molar-refractivity contribution in [2.75, 3.05) is 5.75 Å². The molecule has 5 heteroatoms. The van der Waals surface area contributed by atoms with Gasteiger partial charge in [-0.25, -0.2) is 8.42 Å². The van der Waals surface area contributed by atoms with Crippen molar-refractivity contribution < 1.29 is 13.2 Å². The third-order valence-corrected chi connectivity index (χ3v) is 4.92. The SMILES string of the molecule is Cc1cccc(S(=O)(=O)CC(=O)c2cccc(Br)c2)c1. The molecule has 0 amide bonds. The van der Waals surface area contributed by atoms with Gasteiger partial charge in [0.05, 0.1) is 4.90 Å². The van der Waals surface area contributed by atoms with E-state index in [2.05, 4.69) is 15.9 Å². The maximum atomic E-state index is 12.2. The summed E-state index contributed by atoms with van der Waals surface area (Å²) in [6, 6.07) is 13.3. The quantitative estimate of drug-likeness (QED) is 0.792. The first-order chi connectivity index (χ1) is 9.38. The lowest BCUT2D eigenvalue weighted by atomic mass is 10.2. The third kappa shape index (κ3) is 3.55. The van der Waals surface area contributed by atoms with E-state index < -0.39 is 21.4 Å². The molecule has 0 atom stereocenters. The summed E-state index contributed by atoms with van der Waals surface area (Å²) in [5.74, 6) is -0.930. The van der Waals surface area contributed by atoms with E-state index in [1.54, 1.807) is 36.4 Å². The predicted molar refractivity (Wildman–Crippen MR) is 81.7 cm³/mol. The van der Waals surface area contributed by atoms with Crippen molar-refractivity contribution in [3.63, 3.8) is 0 Å². The van der Waals surface area contributed by atoms with E-state index >= 15 is 0 Å². The number of ketones is 1. The Morgan fingerprint density at radius 1 is 1.10 bits per heavy atom. The number of hydrogen-bond donors (Lipinski definition) is 0. The fraction of sp³-hybridized carbons (Fsp3) is 0.133. The first-order valence-electron chi connectivity index (χ1n) is 5.97. The van der Waals surface area contributed by atoms with E-state index in [9.17, 15) is 13.2 Å². The van der Waals surface area contributed by atoms with Crippen LogP contribution in [-0.2, 0) is 9.84 Å². The van der Waals surface area contributed by atoms with Gasteiger partial charge in [-0.15, -0.1) is 0 Å². The highest BCUT2D eigenvalue weighted by Crippen LogP contribution is 2.16. The van der Waals surface area contributed by atoms with Crippen molar-refractivity contribution in [2.24, 2.45) is 0 Å². The van der Waals surface area contributed by atoms with Gasteiger partial charge in [0.25, 0.3) is 0 Å². The van der Waals surface area contributed by atoms with Gasteiger partial charge in [-0.05, 0) is 36.8 Å². The second-order valence-electron chi connectivity index (χ2n) is 4.51. The van der Waals surface area contributed by atoms with Crippen LogP contribution in [0.3, 0.4) is 0 Å². The van der Waals surface area contributed by atoms with Crippen molar-refractivity contribution in [3.8, 4) is 0 Å². The Hall–Kier alpha value is -1.46.